The van der Waals surface area contributed by atoms with Gasteiger partial charge in [-0.15, -0.1) is 0 Å². The molecule has 0 aromatic carbocycles. The van der Waals surface area contributed by atoms with E-state index < -0.39 is 0 Å². The fourth-order valence-corrected chi connectivity index (χ4v) is 2.24. The molecule has 2 nitrogen and oxygen atoms in total. The third-order valence-electron chi connectivity index (χ3n) is 3.30. The van der Waals surface area contributed by atoms with E-state index in [1.165, 1.54) is 12.8 Å². The SMILES string of the molecule is CC1CCCC1C(=O)NCC(C)(C)CBr. The lowest BCUT2D eigenvalue weighted by Gasteiger charge is -2.24. The van der Waals surface area contributed by atoms with Crippen LogP contribution in [0.4, 0.5) is 0 Å². The molecule has 0 aromatic heterocycles. The van der Waals surface area contributed by atoms with E-state index in [9.17, 15) is 4.79 Å². The molecule has 15 heavy (non-hydrogen) atoms. The van der Waals surface area contributed by atoms with E-state index in [0.29, 0.717) is 5.92 Å². The number of hydrogen-bond acceptors (Lipinski definition) is 1. The molecule has 1 amide bonds. The van der Waals surface area contributed by atoms with E-state index in [4.69, 9.17) is 0 Å². The molecular formula is C12H22BrNO. The maximum Gasteiger partial charge on any atom is 0.223 e. The molecule has 0 radical (unpaired) electrons. The van der Waals surface area contributed by atoms with Gasteiger partial charge in [-0.05, 0) is 24.2 Å². The quantitative estimate of drug-likeness (QED) is 0.786. The van der Waals surface area contributed by atoms with Crippen molar-refractivity contribution in [2.45, 2.75) is 40.0 Å². The van der Waals surface area contributed by atoms with Gasteiger partial charge in [0, 0.05) is 17.8 Å². The molecule has 0 bridgehead atoms. The van der Waals surface area contributed by atoms with Crippen LogP contribution in [0.3, 0.4) is 0 Å². The first-order chi connectivity index (χ1) is 6.96. The Morgan fingerprint density at radius 3 is 2.60 bits per heavy atom. The van der Waals surface area contributed by atoms with Crippen LogP contribution >= 0.6 is 15.9 Å². The molecule has 1 saturated carbocycles. The molecule has 2 atom stereocenters. The summed E-state index contributed by atoms with van der Waals surface area (Å²) in [4.78, 5) is 11.9. The van der Waals surface area contributed by atoms with E-state index in [-0.39, 0.29) is 17.2 Å². The van der Waals surface area contributed by atoms with Crippen molar-refractivity contribution in [1.82, 2.24) is 5.32 Å². The lowest BCUT2D eigenvalue weighted by Crippen LogP contribution is -2.39. The van der Waals surface area contributed by atoms with Gasteiger partial charge in [0.15, 0.2) is 0 Å². The normalized spacial score (nSPS) is 26.7. The molecule has 88 valence electrons. The van der Waals surface area contributed by atoms with Gasteiger partial charge in [-0.3, -0.25) is 4.79 Å². The highest BCUT2D eigenvalue weighted by Crippen LogP contribution is 2.31. The monoisotopic (exact) mass is 275 g/mol. The van der Waals surface area contributed by atoms with Crippen LogP contribution in [0.1, 0.15) is 40.0 Å². The Morgan fingerprint density at radius 1 is 1.47 bits per heavy atom. The summed E-state index contributed by atoms with van der Waals surface area (Å²) in [5.74, 6) is 1.09. The van der Waals surface area contributed by atoms with Crippen LogP contribution in [0.15, 0.2) is 0 Å². The summed E-state index contributed by atoms with van der Waals surface area (Å²) in [6, 6.07) is 0. The molecule has 1 rings (SSSR count). The summed E-state index contributed by atoms with van der Waals surface area (Å²) in [7, 11) is 0. The number of nitrogens with one attached hydrogen (secondary N) is 1. The molecule has 0 aliphatic heterocycles. The second-order valence-corrected chi connectivity index (χ2v) is 6.09. The average Bonchev–Trinajstić information content (AvgIpc) is 2.61. The summed E-state index contributed by atoms with van der Waals surface area (Å²) in [6.45, 7) is 7.26. The maximum atomic E-state index is 11.9. The molecule has 0 saturated heterocycles. The third kappa shape index (κ3) is 3.78. The molecule has 2 unspecified atom stereocenters. The molecular weight excluding hydrogens is 254 g/mol. The summed E-state index contributed by atoms with van der Waals surface area (Å²) in [6.07, 6.45) is 3.49. The molecule has 1 fully saturated rings. The smallest absolute Gasteiger partial charge is 0.223 e. The van der Waals surface area contributed by atoms with E-state index >= 15 is 0 Å². The number of carbonyl (C=O) groups excluding carboxylic acids is 1. The predicted octanol–water partition coefficient (Wildman–Crippen LogP) is 2.96. The highest BCUT2D eigenvalue weighted by molar-refractivity contribution is 9.09. The van der Waals surface area contributed by atoms with E-state index in [0.717, 1.165) is 18.3 Å². The lowest BCUT2D eigenvalue weighted by molar-refractivity contribution is -0.126. The van der Waals surface area contributed by atoms with Crippen LogP contribution in [0.25, 0.3) is 0 Å². The zero-order valence-corrected chi connectivity index (χ0v) is 11.6. The highest BCUT2D eigenvalue weighted by Gasteiger charge is 2.30. The first kappa shape index (κ1) is 13.0. The molecule has 0 spiro atoms. The fraction of sp³-hybridized carbons (Fsp3) is 0.917. The van der Waals surface area contributed by atoms with Crippen LogP contribution in [-0.4, -0.2) is 17.8 Å². The second kappa shape index (κ2) is 5.33. The number of halogens is 1. The van der Waals surface area contributed by atoms with Gasteiger partial charge in [-0.1, -0.05) is 43.1 Å². The Hall–Kier alpha value is -0.0500. The number of amides is 1. The van der Waals surface area contributed by atoms with Gasteiger partial charge in [0.2, 0.25) is 5.91 Å². The Bertz CT molecular complexity index is 228. The molecule has 0 aromatic rings. The van der Waals surface area contributed by atoms with Crippen molar-refractivity contribution in [3.8, 4) is 0 Å². The average molecular weight is 276 g/mol. The van der Waals surface area contributed by atoms with E-state index in [1.807, 2.05) is 0 Å². The first-order valence-corrected chi connectivity index (χ1v) is 6.92. The highest BCUT2D eigenvalue weighted by atomic mass is 79.9. The molecule has 1 aliphatic rings. The lowest BCUT2D eigenvalue weighted by atomic mass is 9.94. The van der Waals surface area contributed by atoms with Gasteiger partial charge < -0.3 is 5.32 Å². The number of hydrogen-bond donors (Lipinski definition) is 1. The Kier molecular flexibility index (Phi) is 4.63. The fourth-order valence-electron chi connectivity index (χ4n) is 2.04. The molecule has 1 aliphatic carbocycles. The standard InChI is InChI=1S/C12H22BrNO/c1-9-5-4-6-10(9)11(15)14-8-12(2,3)7-13/h9-10H,4-8H2,1-3H3,(H,14,15). The Labute approximate surface area is 101 Å². The summed E-state index contributed by atoms with van der Waals surface area (Å²) in [5, 5.41) is 3.99. The van der Waals surface area contributed by atoms with Crippen LogP contribution in [0.2, 0.25) is 0 Å². The molecule has 3 heteroatoms. The minimum absolute atomic E-state index is 0.150. The van der Waals surface area contributed by atoms with Crippen molar-refractivity contribution in [3.05, 3.63) is 0 Å². The van der Waals surface area contributed by atoms with Crippen LogP contribution in [-0.2, 0) is 4.79 Å². The van der Waals surface area contributed by atoms with Crippen molar-refractivity contribution in [2.24, 2.45) is 17.3 Å². The largest absolute Gasteiger partial charge is 0.355 e. The van der Waals surface area contributed by atoms with Gasteiger partial charge in [-0.25, -0.2) is 0 Å². The van der Waals surface area contributed by atoms with Crippen LogP contribution < -0.4 is 5.32 Å². The third-order valence-corrected chi connectivity index (χ3v) is 4.82. The molecule has 1 N–H and O–H groups in total. The van der Waals surface area contributed by atoms with Crippen molar-refractivity contribution in [2.75, 3.05) is 11.9 Å². The number of carbonyl (C=O) groups is 1. The van der Waals surface area contributed by atoms with E-state index in [1.54, 1.807) is 0 Å². The van der Waals surface area contributed by atoms with Crippen molar-refractivity contribution >= 4 is 21.8 Å². The van der Waals surface area contributed by atoms with Gasteiger partial charge in [-0.2, -0.15) is 0 Å². The predicted molar refractivity (Wildman–Crippen MR) is 67.1 cm³/mol. The number of alkyl halides is 1. The van der Waals surface area contributed by atoms with Crippen molar-refractivity contribution in [1.29, 1.82) is 0 Å². The van der Waals surface area contributed by atoms with Gasteiger partial charge in [0.05, 0.1) is 0 Å². The van der Waals surface area contributed by atoms with Gasteiger partial charge >= 0.3 is 0 Å². The van der Waals surface area contributed by atoms with Gasteiger partial charge in [0.1, 0.15) is 0 Å². The number of rotatable bonds is 4. The van der Waals surface area contributed by atoms with E-state index in [2.05, 4.69) is 42.0 Å². The summed E-state index contributed by atoms with van der Waals surface area (Å²) in [5.41, 5.74) is 0.150. The maximum absolute atomic E-state index is 11.9. The Morgan fingerprint density at radius 2 is 2.13 bits per heavy atom. The first-order valence-electron chi connectivity index (χ1n) is 5.80. The topological polar surface area (TPSA) is 29.1 Å². The minimum Gasteiger partial charge on any atom is -0.355 e. The van der Waals surface area contributed by atoms with Crippen LogP contribution in [0, 0.1) is 17.3 Å². The zero-order chi connectivity index (χ0) is 11.5. The zero-order valence-electron chi connectivity index (χ0n) is 9.98. The van der Waals surface area contributed by atoms with Crippen molar-refractivity contribution < 1.29 is 4.79 Å². The summed E-state index contributed by atoms with van der Waals surface area (Å²) >= 11 is 3.47. The summed E-state index contributed by atoms with van der Waals surface area (Å²) < 4.78 is 0. The Balaban J connectivity index is 2.36. The van der Waals surface area contributed by atoms with Crippen LogP contribution in [0.5, 0.6) is 0 Å². The second-order valence-electron chi connectivity index (χ2n) is 5.53. The van der Waals surface area contributed by atoms with Crippen molar-refractivity contribution in [3.63, 3.8) is 0 Å². The van der Waals surface area contributed by atoms with Gasteiger partial charge in [0.25, 0.3) is 0 Å². The minimum atomic E-state index is 0.150. The molecule has 0 heterocycles.